The summed E-state index contributed by atoms with van der Waals surface area (Å²) in [6.07, 6.45) is 13.3. The van der Waals surface area contributed by atoms with E-state index in [1.54, 1.807) is 12.1 Å². The Labute approximate surface area is 358 Å². The summed E-state index contributed by atoms with van der Waals surface area (Å²) in [5.74, 6) is 0. The SMILES string of the molecule is CCN1/C(=C/C=C/C=C/C2=[N+](CCCCCOP(OCCC#N)N(C(C)C)C(C)C)c3ccccc3C2(C)C)C(C)(C)c2c1ccc1c(S(=O)(=O)O)cc(S(=O)(=O)O)cc21. The first-order valence-corrected chi connectivity index (χ1v) is 24.5. The first-order chi connectivity index (χ1) is 28.2. The number of unbranched alkanes of at least 4 members (excludes halogenated alkanes) is 2. The molecule has 2 N–H and O–H groups in total. The van der Waals surface area contributed by atoms with E-state index < -0.39 is 44.0 Å². The molecule has 12 nitrogen and oxygen atoms in total. The number of rotatable bonds is 19. The van der Waals surface area contributed by atoms with Gasteiger partial charge in [-0.15, -0.1) is 0 Å². The minimum absolute atomic E-state index is 0.162. The highest BCUT2D eigenvalue weighted by Crippen LogP contribution is 2.52. The number of benzene rings is 3. The molecule has 2 aliphatic rings. The van der Waals surface area contributed by atoms with Gasteiger partial charge in [-0.1, -0.05) is 56.3 Å². The zero-order valence-electron chi connectivity index (χ0n) is 36.2. The van der Waals surface area contributed by atoms with Gasteiger partial charge in [0, 0.05) is 64.9 Å². The molecular weight excluding hydrogens is 820 g/mol. The second kappa shape index (κ2) is 19.1. The second-order valence-electron chi connectivity index (χ2n) is 16.7. The molecule has 0 saturated heterocycles. The number of para-hydroxylation sites is 1. The third-order valence-electron chi connectivity index (χ3n) is 11.2. The van der Waals surface area contributed by atoms with Gasteiger partial charge in [0.2, 0.25) is 5.69 Å². The lowest BCUT2D eigenvalue weighted by Crippen LogP contribution is -2.33. The van der Waals surface area contributed by atoms with Gasteiger partial charge in [-0.2, -0.15) is 26.7 Å². The summed E-state index contributed by atoms with van der Waals surface area (Å²) >= 11 is 0. The Balaban J connectivity index is 1.37. The summed E-state index contributed by atoms with van der Waals surface area (Å²) in [5.41, 5.74) is 5.10. The Morgan fingerprint density at radius 3 is 2.18 bits per heavy atom. The predicted molar refractivity (Wildman–Crippen MR) is 240 cm³/mol. The van der Waals surface area contributed by atoms with Crippen molar-refractivity contribution in [2.75, 3.05) is 31.2 Å². The average Bonchev–Trinajstić information content (AvgIpc) is 3.52. The van der Waals surface area contributed by atoms with Crippen LogP contribution in [0.25, 0.3) is 10.8 Å². The fourth-order valence-corrected chi connectivity index (χ4v) is 11.6. The maximum Gasteiger partial charge on any atom is 0.295 e. The molecule has 0 saturated carbocycles. The van der Waals surface area contributed by atoms with Gasteiger partial charge in [-0.3, -0.25) is 9.11 Å². The molecule has 1 unspecified atom stereocenters. The summed E-state index contributed by atoms with van der Waals surface area (Å²) in [5, 5.41) is 9.50. The Hall–Kier alpha value is -3.77. The summed E-state index contributed by atoms with van der Waals surface area (Å²) in [6, 6.07) is 16.6. The summed E-state index contributed by atoms with van der Waals surface area (Å²) < 4.78 is 86.3. The highest BCUT2D eigenvalue weighted by Gasteiger charge is 2.44. The monoisotopic (exact) mass is 879 g/mol. The highest BCUT2D eigenvalue weighted by atomic mass is 32.2. The Morgan fingerprint density at radius 2 is 1.55 bits per heavy atom. The number of nitrogens with zero attached hydrogens (tertiary/aromatic N) is 4. The van der Waals surface area contributed by atoms with Gasteiger partial charge < -0.3 is 13.9 Å². The zero-order valence-corrected chi connectivity index (χ0v) is 38.7. The lowest BCUT2D eigenvalue weighted by molar-refractivity contribution is -0.438. The molecule has 0 fully saturated rings. The molecule has 60 heavy (non-hydrogen) atoms. The van der Waals surface area contributed by atoms with Gasteiger partial charge in [-0.25, -0.2) is 4.67 Å². The van der Waals surface area contributed by atoms with Crippen LogP contribution in [-0.4, -0.2) is 79.3 Å². The fourth-order valence-electron chi connectivity index (χ4n) is 8.59. The standard InChI is InChI=1S/C45H59N4O8PS2/c1-10-47-39-25-24-35-36(30-34(59(50,51)52)31-40(35)60(53,54)55)43(39)45(8,9)42(47)23-14-11-13-22-41-44(6,7)37-20-15-16-21-38(37)48(41)27-17-12-18-28-56-58(57-29-19-26-46)49(32(2)3)33(4)5/h11,13-16,20-25,30-33H,10,12,17-19,27-29H2,1-9H3,(H-,50,51,52,53,54,55)/p+1. The van der Waals surface area contributed by atoms with Crippen molar-refractivity contribution in [2.45, 2.75) is 121 Å². The molecule has 2 aliphatic heterocycles. The predicted octanol–water partition coefficient (Wildman–Crippen LogP) is 9.99. The van der Waals surface area contributed by atoms with Crippen LogP contribution >= 0.6 is 8.53 Å². The van der Waals surface area contributed by atoms with Crippen molar-refractivity contribution >= 4 is 56.6 Å². The average molecular weight is 880 g/mol. The lowest BCUT2D eigenvalue weighted by atomic mass is 9.81. The van der Waals surface area contributed by atoms with Crippen molar-refractivity contribution < 1.29 is 39.6 Å². The first kappa shape index (κ1) is 47.3. The van der Waals surface area contributed by atoms with E-state index >= 15 is 0 Å². The molecule has 15 heteroatoms. The van der Waals surface area contributed by atoms with Gasteiger partial charge in [0.1, 0.15) is 11.4 Å². The molecule has 0 amide bonds. The smallest absolute Gasteiger partial charge is 0.295 e. The van der Waals surface area contributed by atoms with Crippen molar-refractivity contribution in [1.29, 1.82) is 5.26 Å². The van der Waals surface area contributed by atoms with Crippen LogP contribution in [0, 0.1) is 11.3 Å². The van der Waals surface area contributed by atoms with Crippen molar-refractivity contribution in [2.24, 2.45) is 0 Å². The quantitative estimate of drug-likeness (QED) is 0.0388. The third-order valence-corrected chi connectivity index (χ3v) is 15.0. The van der Waals surface area contributed by atoms with Crippen LogP contribution in [0.4, 0.5) is 11.4 Å². The van der Waals surface area contributed by atoms with Gasteiger partial charge in [0.25, 0.3) is 28.8 Å². The van der Waals surface area contributed by atoms with Crippen LogP contribution in [0.15, 0.2) is 94.4 Å². The molecule has 3 aromatic rings. The van der Waals surface area contributed by atoms with E-state index in [1.807, 2.05) is 45.1 Å². The van der Waals surface area contributed by atoms with E-state index in [2.05, 4.69) is 92.1 Å². The van der Waals surface area contributed by atoms with E-state index in [-0.39, 0.29) is 22.9 Å². The Kier molecular flexibility index (Phi) is 15.0. The number of allylic oxidation sites excluding steroid dienone is 6. The number of anilines is 1. The van der Waals surface area contributed by atoms with Crippen LogP contribution in [0.3, 0.4) is 0 Å². The van der Waals surface area contributed by atoms with Crippen LogP contribution in [-0.2, 0) is 40.1 Å². The van der Waals surface area contributed by atoms with Crippen LogP contribution in [0.2, 0.25) is 0 Å². The van der Waals surface area contributed by atoms with Gasteiger partial charge in [-0.05, 0) is 96.5 Å². The van der Waals surface area contributed by atoms with Crippen LogP contribution in [0.5, 0.6) is 0 Å². The minimum atomic E-state index is -4.83. The minimum Gasteiger partial charge on any atom is -0.344 e. The summed E-state index contributed by atoms with van der Waals surface area (Å²) in [4.78, 5) is 0.901. The molecule has 3 aromatic carbocycles. The number of fused-ring (bicyclic) bond motifs is 4. The highest BCUT2D eigenvalue weighted by molar-refractivity contribution is 7.86. The summed E-state index contributed by atoms with van der Waals surface area (Å²) in [6.45, 7) is 21.4. The lowest BCUT2D eigenvalue weighted by Gasteiger charge is -2.35. The molecule has 1 atom stereocenters. The van der Waals surface area contributed by atoms with E-state index in [0.29, 0.717) is 37.1 Å². The van der Waals surface area contributed by atoms with Gasteiger partial charge in [0.15, 0.2) is 5.71 Å². The van der Waals surface area contributed by atoms with Crippen molar-refractivity contribution in [3.63, 3.8) is 0 Å². The van der Waals surface area contributed by atoms with Crippen molar-refractivity contribution in [3.8, 4) is 6.07 Å². The topological polar surface area (TPSA) is 160 Å². The van der Waals surface area contributed by atoms with E-state index in [1.165, 1.54) is 23.0 Å². The molecule has 0 radical (unpaired) electrons. The van der Waals surface area contributed by atoms with E-state index in [9.17, 15) is 25.9 Å². The fraction of sp³-hybridized carbons (Fsp3) is 0.467. The number of nitriles is 1. The molecule has 2 heterocycles. The van der Waals surface area contributed by atoms with Crippen LogP contribution in [0.1, 0.15) is 99.1 Å². The van der Waals surface area contributed by atoms with Crippen molar-refractivity contribution in [3.05, 3.63) is 95.7 Å². The molecule has 0 spiro atoms. The van der Waals surface area contributed by atoms with Crippen LogP contribution < -0.4 is 4.90 Å². The number of likely N-dealkylation sites (N-methyl/N-ethyl adjacent to an activating group) is 1. The maximum atomic E-state index is 12.4. The molecule has 324 valence electrons. The number of hydrogen-bond acceptors (Lipinski definition) is 9. The molecule has 5 rings (SSSR count). The Bertz CT molecular complexity index is 2460. The van der Waals surface area contributed by atoms with E-state index in [4.69, 9.17) is 14.3 Å². The van der Waals surface area contributed by atoms with Gasteiger partial charge >= 0.3 is 0 Å². The van der Waals surface area contributed by atoms with Crippen molar-refractivity contribution in [1.82, 2.24) is 4.67 Å². The van der Waals surface area contributed by atoms with Gasteiger partial charge in [0.05, 0.1) is 36.0 Å². The normalized spacial score (nSPS) is 17.6. The maximum absolute atomic E-state index is 12.4. The molecular formula is C45H60N4O8PS2+. The zero-order chi connectivity index (χ0) is 44.2. The number of hydrogen-bond donors (Lipinski definition) is 2. The summed E-state index contributed by atoms with van der Waals surface area (Å²) in [7, 11) is -10.9. The molecule has 0 bridgehead atoms. The largest absolute Gasteiger partial charge is 0.344 e. The Morgan fingerprint density at radius 1 is 0.867 bits per heavy atom. The van der Waals surface area contributed by atoms with E-state index in [0.717, 1.165) is 43.3 Å². The molecule has 0 aliphatic carbocycles. The molecule has 0 aromatic heterocycles. The third kappa shape index (κ3) is 9.96. The first-order valence-electron chi connectivity index (χ1n) is 20.5. The second-order valence-corrected chi connectivity index (χ2v) is 21.0.